The molecule has 8 nitrogen and oxygen atoms in total. The zero-order valence-electron chi connectivity index (χ0n) is 12.1. The first-order valence-corrected chi connectivity index (χ1v) is 7.91. The molecule has 3 heterocycles. The highest BCUT2D eigenvalue weighted by Crippen LogP contribution is 2.19. The van der Waals surface area contributed by atoms with Gasteiger partial charge in [0.1, 0.15) is 6.10 Å². The van der Waals surface area contributed by atoms with Crippen LogP contribution in [0.25, 0.3) is 0 Å². The Morgan fingerprint density at radius 3 is 3.14 bits per heavy atom. The predicted octanol–water partition coefficient (Wildman–Crippen LogP) is 0.377. The molecule has 0 radical (unpaired) electrons. The molecule has 1 amide bonds. The van der Waals surface area contributed by atoms with Crippen molar-refractivity contribution in [3.8, 4) is 5.88 Å². The van der Waals surface area contributed by atoms with E-state index in [4.69, 9.17) is 4.74 Å². The number of tetrazole rings is 1. The summed E-state index contributed by atoms with van der Waals surface area (Å²) in [5.41, 5.74) is 0. The summed E-state index contributed by atoms with van der Waals surface area (Å²) in [5, 5.41) is 11.8. The Morgan fingerprint density at radius 2 is 2.41 bits per heavy atom. The minimum atomic E-state index is 0.000319. The van der Waals surface area contributed by atoms with E-state index in [1.54, 1.807) is 17.9 Å². The van der Waals surface area contributed by atoms with E-state index < -0.39 is 0 Å². The lowest BCUT2D eigenvalue weighted by Crippen LogP contribution is -2.32. The van der Waals surface area contributed by atoms with Gasteiger partial charge in [-0.3, -0.25) is 4.79 Å². The number of pyridine rings is 1. The molecular weight excluding hydrogens is 304 g/mol. The van der Waals surface area contributed by atoms with Gasteiger partial charge in [0, 0.05) is 32.3 Å². The molecule has 0 spiro atoms. The van der Waals surface area contributed by atoms with Crippen LogP contribution in [0.3, 0.4) is 0 Å². The summed E-state index contributed by atoms with van der Waals surface area (Å²) < 4.78 is 7.33. The van der Waals surface area contributed by atoms with Crippen molar-refractivity contribution in [3.63, 3.8) is 0 Å². The molecule has 22 heavy (non-hydrogen) atoms. The molecule has 9 heteroatoms. The smallest absolute Gasteiger partial charge is 0.233 e. The van der Waals surface area contributed by atoms with E-state index in [9.17, 15) is 4.79 Å². The van der Waals surface area contributed by atoms with Crippen LogP contribution in [0, 0.1) is 0 Å². The average molecular weight is 320 g/mol. The van der Waals surface area contributed by atoms with Crippen LogP contribution in [0.4, 0.5) is 0 Å². The highest BCUT2D eigenvalue weighted by molar-refractivity contribution is 7.99. The minimum absolute atomic E-state index is 0.000319. The van der Waals surface area contributed by atoms with Crippen LogP contribution in [0.5, 0.6) is 5.88 Å². The van der Waals surface area contributed by atoms with Crippen molar-refractivity contribution >= 4 is 17.7 Å². The molecule has 2 aromatic rings. The number of likely N-dealkylation sites (tertiary alicyclic amines) is 1. The standard InChI is InChI=1S/C13H16N6O2S/c1-18-13(15-16-17-18)22-9-12(20)19-7-5-10(8-19)21-11-4-2-3-6-14-11/h2-4,6,10H,5,7-9H2,1H3/t10-/m1/s1. The summed E-state index contributed by atoms with van der Waals surface area (Å²) in [6.07, 6.45) is 2.51. The first-order chi connectivity index (χ1) is 10.7. The number of hydrogen-bond acceptors (Lipinski definition) is 7. The highest BCUT2D eigenvalue weighted by Gasteiger charge is 2.28. The molecule has 0 aliphatic carbocycles. The fourth-order valence-corrected chi connectivity index (χ4v) is 2.95. The van der Waals surface area contributed by atoms with Gasteiger partial charge in [-0.05, 0) is 16.5 Å². The van der Waals surface area contributed by atoms with Crippen molar-refractivity contribution in [2.45, 2.75) is 17.7 Å². The van der Waals surface area contributed by atoms with Gasteiger partial charge in [0.15, 0.2) is 0 Å². The Kier molecular flexibility index (Phi) is 4.52. The van der Waals surface area contributed by atoms with Gasteiger partial charge in [0.25, 0.3) is 0 Å². The van der Waals surface area contributed by atoms with Gasteiger partial charge >= 0.3 is 0 Å². The van der Waals surface area contributed by atoms with E-state index in [-0.39, 0.29) is 12.0 Å². The normalized spacial score (nSPS) is 17.7. The van der Waals surface area contributed by atoms with E-state index >= 15 is 0 Å². The molecule has 0 unspecified atom stereocenters. The fourth-order valence-electron chi connectivity index (χ4n) is 2.20. The van der Waals surface area contributed by atoms with E-state index in [0.29, 0.717) is 29.9 Å². The summed E-state index contributed by atoms with van der Waals surface area (Å²) in [6, 6.07) is 5.54. The lowest BCUT2D eigenvalue weighted by atomic mass is 10.3. The quantitative estimate of drug-likeness (QED) is 0.736. The largest absolute Gasteiger partial charge is 0.472 e. The van der Waals surface area contributed by atoms with Gasteiger partial charge in [-0.2, -0.15) is 0 Å². The van der Waals surface area contributed by atoms with Crippen LogP contribution in [-0.2, 0) is 11.8 Å². The molecule has 116 valence electrons. The van der Waals surface area contributed by atoms with Crippen LogP contribution in [0.2, 0.25) is 0 Å². The summed E-state index contributed by atoms with van der Waals surface area (Å²) in [5.74, 6) is 0.992. The number of aromatic nitrogens is 5. The number of carbonyl (C=O) groups excluding carboxylic acids is 1. The maximum atomic E-state index is 12.2. The van der Waals surface area contributed by atoms with Crippen LogP contribution < -0.4 is 4.74 Å². The van der Waals surface area contributed by atoms with E-state index in [2.05, 4.69) is 20.5 Å². The van der Waals surface area contributed by atoms with Crippen LogP contribution in [0.1, 0.15) is 6.42 Å². The predicted molar refractivity (Wildman–Crippen MR) is 79.4 cm³/mol. The molecule has 1 atom stereocenters. The van der Waals surface area contributed by atoms with Gasteiger partial charge in [-0.25, -0.2) is 9.67 Å². The average Bonchev–Trinajstić information content (AvgIpc) is 3.15. The maximum Gasteiger partial charge on any atom is 0.233 e. The molecule has 3 rings (SSSR count). The Bertz CT molecular complexity index is 634. The third-order valence-corrected chi connectivity index (χ3v) is 4.32. The lowest BCUT2D eigenvalue weighted by Gasteiger charge is -2.16. The second kappa shape index (κ2) is 6.73. The molecule has 0 saturated carbocycles. The van der Waals surface area contributed by atoms with E-state index in [1.165, 1.54) is 11.8 Å². The first-order valence-electron chi connectivity index (χ1n) is 6.93. The maximum absolute atomic E-state index is 12.2. The molecule has 1 fully saturated rings. The topological polar surface area (TPSA) is 86.0 Å². The molecule has 1 saturated heterocycles. The Labute approximate surface area is 131 Å². The number of nitrogens with zero attached hydrogens (tertiary/aromatic N) is 6. The monoisotopic (exact) mass is 320 g/mol. The second-order valence-electron chi connectivity index (χ2n) is 4.91. The number of amides is 1. The van der Waals surface area contributed by atoms with Crippen LogP contribution in [0.15, 0.2) is 29.6 Å². The molecule has 1 aliphatic rings. The lowest BCUT2D eigenvalue weighted by molar-refractivity contribution is -0.127. The molecular formula is C13H16N6O2S. The Hall–Kier alpha value is -2.16. The van der Waals surface area contributed by atoms with Gasteiger partial charge < -0.3 is 9.64 Å². The number of ether oxygens (including phenoxy) is 1. The zero-order valence-corrected chi connectivity index (χ0v) is 12.9. The summed E-state index contributed by atoms with van der Waals surface area (Å²) in [6.45, 7) is 1.29. The van der Waals surface area contributed by atoms with Gasteiger partial charge in [-0.15, -0.1) is 5.10 Å². The van der Waals surface area contributed by atoms with Crippen molar-refractivity contribution in [1.29, 1.82) is 0 Å². The zero-order chi connectivity index (χ0) is 15.4. The summed E-state index contributed by atoms with van der Waals surface area (Å²) in [7, 11) is 1.75. The molecule has 0 N–H and O–H groups in total. The van der Waals surface area contributed by atoms with Crippen LogP contribution >= 0.6 is 11.8 Å². The third-order valence-electron chi connectivity index (χ3n) is 3.33. The van der Waals surface area contributed by atoms with Crippen molar-refractivity contribution in [3.05, 3.63) is 24.4 Å². The number of carbonyl (C=O) groups is 1. The molecule has 0 aromatic carbocycles. The van der Waals surface area contributed by atoms with Crippen LogP contribution in [-0.4, -0.2) is 60.9 Å². The van der Waals surface area contributed by atoms with Gasteiger partial charge in [-0.1, -0.05) is 17.8 Å². The summed E-state index contributed by atoms with van der Waals surface area (Å²) in [4.78, 5) is 18.2. The first kappa shape index (κ1) is 14.8. The second-order valence-corrected chi connectivity index (χ2v) is 5.85. The Balaban J connectivity index is 1.47. The van der Waals surface area contributed by atoms with Crippen molar-refractivity contribution in [1.82, 2.24) is 30.1 Å². The third kappa shape index (κ3) is 3.53. The van der Waals surface area contributed by atoms with E-state index in [0.717, 1.165) is 6.42 Å². The number of thioether (sulfide) groups is 1. The van der Waals surface area contributed by atoms with Crippen molar-refractivity contribution < 1.29 is 9.53 Å². The van der Waals surface area contributed by atoms with Crippen molar-refractivity contribution in [2.75, 3.05) is 18.8 Å². The Morgan fingerprint density at radius 1 is 1.50 bits per heavy atom. The van der Waals surface area contributed by atoms with Gasteiger partial charge in [0.05, 0.1) is 12.3 Å². The number of rotatable bonds is 5. The molecule has 1 aliphatic heterocycles. The number of hydrogen-bond donors (Lipinski definition) is 0. The molecule has 2 aromatic heterocycles. The minimum Gasteiger partial charge on any atom is -0.472 e. The molecule has 0 bridgehead atoms. The highest BCUT2D eigenvalue weighted by atomic mass is 32.2. The fraction of sp³-hybridized carbons (Fsp3) is 0.462. The SMILES string of the molecule is Cn1nnnc1SCC(=O)N1CC[C@@H](Oc2ccccn2)C1. The summed E-state index contributed by atoms with van der Waals surface area (Å²) >= 11 is 1.34. The van der Waals surface area contributed by atoms with Crippen molar-refractivity contribution in [2.24, 2.45) is 7.05 Å². The van der Waals surface area contributed by atoms with Gasteiger partial charge in [0.2, 0.25) is 16.9 Å². The van der Waals surface area contributed by atoms with E-state index in [1.807, 2.05) is 23.1 Å². The number of aryl methyl sites for hydroxylation is 1.